The third-order valence-corrected chi connectivity index (χ3v) is 8.13. The second kappa shape index (κ2) is 11.3. The Kier molecular flexibility index (Phi) is 7.69. The molecule has 0 aromatic heterocycles. The summed E-state index contributed by atoms with van der Waals surface area (Å²) in [6.07, 6.45) is 8.90. The fraction of sp³-hybridized carbons (Fsp3) is 0.500. The van der Waals surface area contributed by atoms with Crippen LogP contribution in [-0.2, 0) is 22.6 Å². The molecule has 6 heteroatoms. The van der Waals surface area contributed by atoms with Gasteiger partial charge in [-0.1, -0.05) is 56.0 Å². The Morgan fingerprint density at radius 3 is 2.22 bits per heavy atom. The third-order valence-electron chi connectivity index (χ3n) is 8.13. The average molecular weight is 488 g/mol. The summed E-state index contributed by atoms with van der Waals surface area (Å²) in [5, 5.41) is 3.08. The van der Waals surface area contributed by atoms with E-state index in [-0.39, 0.29) is 29.6 Å². The van der Waals surface area contributed by atoms with Crippen molar-refractivity contribution >= 4 is 23.4 Å². The first-order chi connectivity index (χ1) is 17.6. The summed E-state index contributed by atoms with van der Waals surface area (Å²) in [5.41, 5.74) is 3.88. The van der Waals surface area contributed by atoms with Gasteiger partial charge in [0.1, 0.15) is 0 Å². The molecule has 3 aliphatic rings. The Morgan fingerprint density at radius 1 is 0.778 bits per heavy atom. The van der Waals surface area contributed by atoms with E-state index >= 15 is 0 Å². The van der Waals surface area contributed by atoms with Crippen LogP contribution in [0.15, 0.2) is 48.5 Å². The lowest BCUT2D eigenvalue weighted by atomic mass is 9.77. The number of nitrogens with one attached hydrogen (secondary N) is 1. The number of carbonyl (C=O) groups is 3. The van der Waals surface area contributed by atoms with Gasteiger partial charge in [0.2, 0.25) is 11.8 Å². The van der Waals surface area contributed by atoms with E-state index in [1.807, 2.05) is 52.3 Å². The van der Waals surface area contributed by atoms with E-state index < -0.39 is 0 Å². The van der Waals surface area contributed by atoms with Gasteiger partial charge in [0, 0.05) is 43.3 Å². The highest BCUT2D eigenvalue weighted by atomic mass is 16.2. The van der Waals surface area contributed by atoms with Gasteiger partial charge in [-0.15, -0.1) is 0 Å². The molecular weight excluding hydrogens is 450 g/mol. The molecule has 1 saturated carbocycles. The van der Waals surface area contributed by atoms with Crippen LogP contribution in [0.1, 0.15) is 72.9 Å². The maximum absolute atomic E-state index is 13.5. The molecule has 2 aliphatic heterocycles. The molecule has 2 atom stereocenters. The zero-order valence-corrected chi connectivity index (χ0v) is 21.1. The SMILES string of the molecule is O=C(NCc1ccc(C(=O)N2CCCCCC2)cc1)C1CCCCC1C(=O)N1CCc2ccccc21. The molecule has 6 nitrogen and oxygen atoms in total. The number of nitrogens with zero attached hydrogens (tertiary/aromatic N) is 2. The van der Waals surface area contributed by atoms with Crippen molar-refractivity contribution in [3.05, 3.63) is 65.2 Å². The summed E-state index contributed by atoms with van der Waals surface area (Å²) in [6.45, 7) is 2.77. The molecule has 190 valence electrons. The van der Waals surface area contributed by atoms with E-state index in [0.717, 1.165) is 69.3 Å². The topological polar surface area (TPSA) is 69.7 Å². The van der Waals surface area contributed by atoms with Crippen molar-refractivity contribution in [2.75, 3.05) is 24.5 Å². The standard InChI is InChI=1S/C30H37N3O3/c34-28(31-21-22-13-15-24(16-14-22)29(35)32-18-7-1-2-8-19-32)25-10-4-5-11-26(25)30(36)33-20-17-23-9-3-6-12-27(23)33/h3,6,9,12-16,25-26H,1-2,4-5,7-8,10-11,17-21H2,(H,31,34). The van der Waals surface area contributed by atoms with Gasteiger partial charge in [-0.05, 0) is 61.4 Å². The second-order valence-electron chi connectivity index (χ2n) is 10.5. The van der Waals surface area contributed by atoms with Crippen LogP contribution in [0, 0.1) is 11.8 Å². The second-order valence-corrected chi connectivity index (χ2v) is 10.5. The molecular formula is C30H37N3O3. The van der Waals surface area contributed by atoms with E-state index in [4.69, 9.17) is 0 Å². The van der Waals surface area contributed by atoms with Crippen LogP contribution in [0.4, 0.5) is 5.69 Å². The van der Waals surface area contributed by atoms with Crippen molar-refractivity contribution in [1.29, 1.82) is 0 Å². The van der Waals surface area contributed by atoms with E-state index in [2.05, 4.69) is 11.4 Å². The summed E-state index contributed by atoms with van der Waals surface area (Å²) in [5.74, 6) is -0.401. The summed E-state index contributed by atoms with van der Waals surface area (Å²) in [7, 11) is 0. The van der Waals surface area contributed by atoms with Crippen LogP contribution < -0.4 is 10.2 Å². The van der Waals surface area contributed by atoms with E-state index in [0.29, 0.717) is 18.7 Å². The largest absolute Gasteiger partial charge is 0.352 e. The number of para-hydroxylation sites is 1. The number of amides is 3. The highest BCUT2D eigenvalue weighted by molar-refractivity contribution is 5.99. The van der Waals surface area contributed by atoms with Crippen LogP contribution in [0.25, 0.3) is 0 Å². The maximum Gasteiger partial charge on any atom is 0.253 e. The molecule has 0 bridgehead atoms. The molecule has 3 amide bonds. The lowest BCUT2D eigenvalue weighted by Gasteiger charge is -2.32. The molecule has 1 aliphatic carbocycles. The average Bonchev–Trinajstić information content (AvgIpc) is 3.17. The van der Waals surface area contributed by atoms with E-state index in [1.54, 1.807) is 0 Å². The minimum absolute atomic E-state index is 0.0368. The smallest absolute Gasteiger partial charge is 0.253 e. The van der Waals surface area contributed by atoms with Crippen molar-refractivity contribution in [3.63, 3.8) is 0 Å². The van der Waals surface area contributed by atoms with Crippen LogP contribution in [0.2, 0.25) is 0 Å². The quantitative estimate of drug-likeness (QED) is 0.664. The van der Waals surface area contributed by atoms with E-state index in [1.165, 1.54) is 18.4 Å². The van der Waals surface area contributed by atoms with Gasteiger partial charge in [-0.3, -0.25) is 14.4 Å². The van der Waals surface area contributed by atoms with Crippen LogP contribution >= 0.6 is 0 Å². The van der Waals surface area contributed by atoms with Crippen LogP contribution in [0.5, 0.6) is 0 Å². The summed E-state index contributed by atoms with van der Waals surface area (Å²) in [4.78, 5) is 43.4. The maximum atomic E-state index is 13.5. The molecule has 0 radical (unpaired) electrons. The zero-order valence-electron chi connectivity index (χ0n) is 21.1. The molecule has 2 heterocycles. The van der Waals surface area contributed by atoms with Gasteiger partial charge >= 0.3 is 0 Å². The van der Waals surface area contributed by atoms with Gasteiger partial charge in [0.25, 0.3) is 5.91 Å². The van der Waals surface area contributed by atoms with Gasteiger partial charge in [0.05, 0.1) is 5.92 Å². The van der Waals surface area contributed by atoms with Crippen LogP contribution in [0.3, 0.4) is 0 Å². The zero-order chi connectivity index (χ0) is 24.9. The van der Waals surface area contributed by atoms with Gasteiger partial charge in [-0.2, -0.15) is 0 Å². The first-order valence-corrected chi connectivity index (χ1v) is 13.7. The first-order valence-electron chi connectivity index (χ1n) is 13.7. The lowest BCUT2D eigenvalue weighted by molar-refractivity contribution is -0.135. The Bertz CT molecular complexity index is 1090. The highest BCUT2D eigenvalue weighted by Crippen LogP contribution is 2.36. The number of rotatable bonds is 5. The summed E-state index contributed by atoms with van der Waals surface area (Å²) < 4.78 is 0. The predicted octanol–water partition coefficient (Wildman–Crippen LogP) is 4.71. The Morgan fingerprint density at radius 2 is 1.47 bits per heavy atom. The Labute approximate surface area is 214 Å². The van der Waals surface area contributed by atoms with Gasteiger partial charge in [-0.25, -0.2) is 0 Å². The van der Waals surface area contributed by atoms with Gasteiger partial charge in [0.15, 0.2) is 0 Å². The molecule has 0 spiro atoms. The first kappa shape index (κ1) is 24.5. The van der Waals surface area contributed by atoms with Crippen molar-refractivity contribution in [2.45, 2.75) is 64.3 Å². The third kappa shape index (κ3) is 5.32. The van der Waals surface area contributed by atoms with Crippen molar-refractivity contribution in [2.24, 2.45) is 11.8 Å². The normalized spacial score (nSPS) is 22.0. The number of fused-ring (bicyclic) bond motifs is 1. The molecule has 2 unspecified atom stereocenters. The molecule has 2 fully saturated rings. The Balaban J connectivity index is 1.19. The fourth-order valence-corrected chi connectivity index (χ4v) is 6.05. The summed E-state index contributed by atoms with van der Waals surface area (Å²) in [6, 6.07) is 15.7. The Hall–Kier alpha value is -3.15. The number of hydrogen-bond acceptors (Lipinski definition) is 3. The fourth-order valence-electron chi connectivity index (χ4n) is 6.05. The number of anilines is 1. The van der Waals surface area contributed by atoms with Crippen LogP contribution in [-0.4, -0.2) is 42.3 Å². The van der Waals surface area contributed by atoms with E-state index in [9.17, 15) is 14.4 Å². The van der Waals surface area contributed by atoms with Crippen molar-refractivity contribution in [3.8, 4) is 0 Å². The highest BCUT2D eigenvalue weighted by Gasteiger charge is 2.39. The number of carbonyl (C=O) groups excluding carboxylic acids is 3. The predicted molar refractivity (Wildman–Crippen MR) is 141 cm³/mol. The molecule has 2 aromatic carbocycles. The number of likely N-dealkylation sites (tertiary alicyclic amines) is 1. The van der Waals surface area contributed by atoms with Crippen molar-refractivity contribution < 1.29 is 14.4 Å². The van der Waals surface area contributed by atoms with Crippen molar-refractivity contribution in [1.82, 2.24) is 10.2 Å². The molecule has 5 rings (SSSR count). The number of hydrogen-bond donors (Lipinski definition) is 1. The molecule has 2 aromatic rings. The summed E-state index contributed by atoms with van der Waals surface area (Å²) >= 11 is 0. The lowest BCUT2D eigenvalue weighted by Crippen LogP contribution is -2.45. The minimum Gasteiger partial charge on any atom is -0.352 e. The number of benzene rings is 2. The molecule has 1 N–H and O–H groups in total. The minimum atomic E-state index is -0.289. The molecule has 1 saturated heterocycles. The van der Waals surface area contributed by atoms with Gasteiger partial charge < -0.3 is 15.1 Å². The monoisotopic (exact) mass is 487 g/mol. The molecule has 36 heavy (non-hydrogen) atoms.